The molecule has 3 aromatic rings. The first-order valence-electron chi connectivity index (χ1n) is 6.56. The SMILES string of the molecule is NNC(Cc1ccc(Br)s1)c1ccc(F)c2ccccc12. The minimum Gasteiger partial charge on any atom is -0.271 e. The monoisotopic (exact) mass is 364 g/mol. The average molecular weight is 365 g/mol. The molecule has 0 radical (unpaired) electrons. The second-order valence-electron chi connectivity index (χ2n) is 4.81. The number of hydrazine groups is 1. The number of hydrogen-bond donors (Lipinski definition) is 2. The molecule has 21 heavy (non-hydrogen) atoms. The van der Waals surface area contributed by atoms with E-state index in [9.17, 15) is 4.39 Å². The maximum Gasteiger partial charge on any atom is 0.131 e. The zero-order chi connectivity index (χ0) is 14.8. The third kappa shape index (κ3) is 3.01. The van der Waals surface area contributed by atoms with Gasteiger partial charge in [-0.15, -0.1) is 11.3 Å². The van der Waals surface area contributed by atoms with Gasteiger partial charge in [0.2, 0.25) is 0 Å². The van der Waals surface area contributed by atoms with Gasteiger partial charge in [0.05, 0.1) is 9.83 Å². The molecule has 2 aromatic carbocycles. The number of fused-ring (bicyclic) bond motifs is 1. The Hall–Kier alpha value is -1.27. The highest BCUT2D eigenvalue weighted by Crippen LogP contribution is 2.31. The Balaban J connectivity index is 2.03. The van der Waals surface area contributed by atoms with E-state index in [-0.39, 0.29) is 11.9 Å². The summed E-state index contributed by atoms with van der Waals surface area (Å²) in [6.45, 7) is 0. The Morgan fingerprint density at radius 2 is 1.86 bits per heavy atom. The number of rotatable bonds is 4. The number of halogens is 2. The van der Waals surface area contributed by atoms with Crippen molar-refractivity contribution >= 4 is 38.0 Å². The maximum absolute atomic E-state index is 13.9. The van der Waals surface area contributed by atoms with Crippen LogP contribution in [0.5, 0.6) is 0 Å². The molecule has 0 saturated heterocycles. The smallest absolute Gasteiger partial charge is 0.131 e. The fourth-order valence-corrected chi connectivity index (χ4v) is 4.04. The molecule has 1 atom stereocenters. The predicted molar refractivity (Wildman–Crippen MR) is 89.7 cm³/mol. The van der Waals surface area contributed by atoms with Gasteiger partial charge in [-0.3, -0.25) is 11.3 Å². The van der Waals surface area contributed by atoms with Crippen LogP contribution in [0.25, 0.3) is 10.8 Å². The van der Waals surface area contributed by atoms with E-state index in [2.05, 4.69) is 27.4 Å². The zero-order valence-corrected chi connectivity index (χ0v) is 13.5. The van der Waals surface area contributed by atoms with Crippen molar-refractivity contribution in [2.45, 2.75) is 12.5 Å². The van der Waals surface area contributed by atoms with Crippen LogP contribution in [0.2, 0.25) is 0 Å². The molecule has 0 bridgehead atoms. The van der Waals surface area contributed by atoms with Crippen molar-refractivity contribution in [3.8, 4) is 0 Å². The van der Waals surface area contributed by atoms with Gasteiger partial charge < -0.3 is 0 Å². The molecule has 0 spiro atoms. The van der Waals surface area contributed by atoms with E-state index >= 15 is 0 Å². The Bertz CT molecular complexity index is 772. The number of hydrogen-bond acceptors (Lipinski definition) is 3. The van der Waals surface area contributed by atoms with Gasteiger partial charge >= 0.3 is 0 Å². The van der Waals surface area contributed by atoms with Crippen LogP contribution in [0.15, 0.2) is 52.3 Å². The molecule has 1 unspecified atom stereocenters. The fourth-order valence-electron chi connectivity index (χ4n) is 2.51. The van der Waals surface area contributed by atoms with E-state index in [1.54, 1.807) is 17.4 Å². The summed E-state index contributed by atoms with van der Waals surface area (Å²) in [5, 5.41) is 1.53. The number of nitrogens with one attached hydrogen (secondary N) is 1. The first kappa shape index (κ1) is 14.7. The van der Waals surface area contributed by atoms with Crippen LogP contribution in [-0.4, -0.2) is 0 Å². The lowest BCUT2D eigenvalue weighted by Crippen LogP contribution is -2.29. The zero-order valence-electron chi connectivity index (χ0n) is 11.1. The molecule has 108 valence electrons. The standard InChI is InChI=1S/C16H14BrFN2S/c17-16-8-5-10(21-16)9-15(20-19)13-6-7-14(18)12-4-2-1-3-11(12)13/h1-8,15,20H,9,19H2. The highest BCUT2D eigenvalue weighted by Gasteiger charge is 2.16. The third-order valence-corrected chi connectivity index (χ3v) is 5.16. The summed E-state index contributed by atoms with van der Waals surface area (Å²) in [5.74, 6) is 5.53. The average Bonchev–Trinajstić information content (AvgIpc) is 2.91. The van der Waals surface area contributed by atoms with Crippen LogP contribution in [0, 0.1) is 5.82 Å². The predicted octanol–water partition coefficient (Wildman–Crippen LogP) is 4.55. The minimum atomic E-state index is -0.205. The molecule has 3 rings (SSSR count). The van der Waals surface area contributed by atoms with Crippen LogP contribution in [0.1, 0.15) is 16.5 Å². The van der Waals surface area contributed by atoms with Crippen molar-refractivity contribution in [3.05, 3.63) is 68.6 Å². The highest BCUT2D eigenvalue weighted by molar-refractivity contribution is 9.11. The molecule has 0 aliphatic heterocycles. The van der Waals surface area contributed by atoms with E-state index in [1.807, 2.05) is 30.3 Å². The van der Waals surface area contributed by atoms with Gasteiger partial charge in [-0.2, -0.15) is 0 Å². The van der Waals surface area contributed by atoms with Crippen molar-refractivity contribution in [2.24, 2.45) is 5.84 Å². The molecule has 0 aliphatic rings. The van der Waals surface area contributed by atoms with E-state index in [4.69, 9.17) is 5.84 Å². The lowest BCUT2D eigenvalue weighted by molar-refractivity contribution is 0.557. The van der Waals surface area contributed by atoms with Crippen LogP contribution in [0.4, 0.5) is 4.39 Å². The maximum atomic E-state index is 13.9. The molecule has 3 N–H and O–H groups in total. The molecule has 2 nitrogen and oxygen atoms in total. The number of benzene rings is 2. The summed E-state index contributed by atoms with van der Waals surface area (Å²) in [5.41, 5.74) is 3.87. The Morgan fingerprint density at radius 3 is 2.52 bits per heavy atom. The van der Waals surface area contributed by atoms with E-state index < -0.39 is 0 Å². The van der Waals surface area contributed by atoms with Crippen LogP contribution >= 0.6 is 27.3 Å². The van der Waals surface area contributed by atoms with Crippen molar-refractivity contribution in [1.82, 2.24) is 5.43 Å². The molecular formula is C16H14BrFN2S. The quantitative estimate of drug-likeness (QED) is 0.526. The second kappa shape index (κ2) is 6.23. The molecular weight excluding hydrogens is 351 g/mol. The van der Waals surface area contributed by atoms with Crippen LogP contribution in [0.3, 0.4) is 0 Å². The molecule has 5 heteroatoms. The number of thiophene rings is 1. The normalized spacial score (nSPS) is 12.7. The van der Waals surface area contributed by atoms with E-state index in [0.29, 0.717) is 5.39 Å². The van der Waals surface area contributed by atoms with Gasteiger partial charge in [0.25, 0.3) is 0 Å². The Morgan fingerprint density at radius 1 is 1.10 bits per heavy atom. The van der Waals surface area contributed by atoms with E-state index in [0.717, 1.165) is 21.2 Å². The highest BCUT2D eigenvalue weighted by atomic mass is 79.9. The second-order valence-corrected chi connectivity index (χ2v) is 7.36. The summed E-state index contributed by atoms with van der Waals surface area (Å²) < 4.78 is 15.0. The molecule has 0 amide bonds. The van der Waals surface area contributed by atoms with Gasteiger partial charge in [-0.05, 0) is 45.1 Å². The molecule has 1 heterocycles. The topological polar surface area (TPSA) is 38.0 Å². The largest absolute Gasteiger partial charge is 0.271 e. The van der Waals surface area contributed by atoms with Gasteiger partial charge in [0, 0.05) is 16.7 Å². The molecule has 0 aliphatic carbocycles. The summed E-state index contributed by atoms with van der Waals surface area (Å²) in [4.78, 5) is 1.22. The van der Waals surface area contributed by atoms with E-state index in [1.165, 1.54) is 10.9 Å². The Kier molecular flexibility index (Phi) is 4.35. The third-order valence-electron chi connectivity index (χ3n) is 3.52. The minimum absolute atomic E-state index is 0.0546. The summed E-state index contributed by atoms with van der Waals surface area (Å²) >= 11 is 5.15. The fraction of sp³-hybridized carbons (Fsp3) is 0.125. The Labute approximate surface area is 134 Å². The first-order valence-corrected chi connectivity index (χ1v) is 8.17. The molecule has 0 saturated carbocycles. The lowest BCUT2D eigenvalue weighted by Gasteiger charge is -2.18. The van der Waals surface area contributed by atoms with Crippen molar-refractivity contribution < 1.29 is 4.39 Å². The molecule has 1 aromatic heterocycles. The number of nitrogens with two attached hydrogens (primary N) is 1. The lowest BCUT2D eigenvalue weighted by atomic mass is 9.96. The van der Waals surface area contributed by atoms with Crippen LogP contribution < -0.4 is 11.3 Å². The summed E-state index contributed by atoms with van der Waals surface area (Å²) in [7, 11) is 0. The van der Waals surface area contributed by atoms with Crippen LogP contribution in [-0.2, 0) is 6.42 Å². The van der Waals surface area contributed by atoms with Crippen molar-refractivity contribution in [3.63, 3.8) is 0 Å². The van der Waals surface area contributed by atoms with Gasteiger partial charge in [0.1, 0.15) is 5.82 Å². The van der Waals surface area contributed by atoms with Crippen molar-refractivity contribution in [1.29, 1.82) is 0 Å². The molecule has 0 fully saturated rings. The summed E-state index contributed by atoms with van der Waals surface area (Å²) in [6, 6.07) is 14.8. The van der Waals surface area contributed by atoms with Gasteiger partial charge in [0.15, 0.2) is 0 Å². The van der Waals surface area contributed by atoms with Gasteiger partial charge in [-0.1, -0.05) is 30.3 Å². The first-order chi connectivity index (χ1) is 10.2. The van der Waals surface area contributed by atoms with Gasteiger partial charge in [-0.25, -0.2) is 4.39 Å². The van der Waals surface area contributed by atoms with Crippen molar-refractivity contribution in [2.75, 3.05) is 0 Å². The summed E-state index contributed by atoms with van der Waals surface area (Å²) in [6.07, 6.45) is 0.766.